The van der Waals surface area contributed by atoms with Crippen LogP contribution in [-0.2, 0) is 0 Å². The van der Waals surface area contributed by atoms with Crippen LogP contribution < -0.4 is 5.32 Å². The van der Waals surface area contributed by atoms with Gasteiger partial charge in [-0.2, -0.15) is 0 Å². The van der Waals surface area contributed by atoms with Gasteiger partial charge in [-0.15, -0.1) is 24.8 Å². The molecular weight excluding hydrogens is 353 g/mol. The molecule has 0 amide bonds. The average Bonchev–Trinajstić information content (AvgIpc) is 3.04. The molecule has 0 unspecified atom stereocenters. The second kappa shape index (κ2) is 9.42. The summed E-state index contributed by atoms with van der Waals surface area (Å²) in [5.74, 6) is 0.659. The summed E-state index contributed by atoms with van der Waals surface area (Å²) in [6.07, 6.45) is 4.69. The first kappa shape index (κ1) is 21.0. The van der Waals surface area contributed by atoms with Crippen LogP contribution in [-0.4, -0.2) is 41.1 Å². The molecule has 1 aliphatic heterocycles. The van der Waals surface area contributed by atoms with Crippen LogP contribution in [0.1, 0.15) is 37.3 Å². The summed E-state index contributed by atoms with van der Waals surface area (Å²) in [5, 5.41) is 24.7. The van der Waals surface area contributed by atoms with Crippen LogP contribution in [0.3, 0.4) is 0 Å². The maximum Gasteiger partial charge on any atom is 0.270 e. The molecule has 6 nitrogen and oxygen atoms in total. The highest BCUT2D eigenvalue weighted by atomic mass is 35.5. The minimum atomic E-state index is -0.383. The number of nitro groups is 1. The topological polar surface area (TPSA) is 78.6 Å². The molecule has 2 aliphatic rings. The van der Waals surface area contributed by atoms with Crippen molar-refractivity contribution >= 4 is 30.5 Å². The Balaban J connectivity index is 0.00000144. The molecule has 1 aromatic rings. The summed E-state index contributed by atoms with van der Waals surface area (Å²) in [4.78, 5) is 13.1. The third kappa shape index (κ3) is 4.51. The number of rotatable bonds is 4. The Morgan fingerprint density at radius 1 is 1.21 bits per heavy atom. The highest BCUT2D eigenvalue weighted by Gasteiger charge is 2.34. The summed E-state index contributed by atoms with van der Waals surface area (Å²) in [6.45, 7) is 3.70. The first-order valence-electron chi connectivity index (χ1n) is 8.09. The van der Waals surface area contributed by atoms with Crippen LogP contribution in [0.5, 0.6) is 5.75 Å². The van der Waals surface area contributed by atoms with Crippen LogP contribution in [0.15, 0.2) is 18.2 Å². The van der Waals surface area contributed by atoms with Gasteiger partial charge < -0.3 is 10.4 Å². The summed E-state index contributed by atoms with van der Waals surface area (Å²) >= 11 is 0. The standard InChI is InChI=1S/C16H23N3O3.2ClH/c20-15-6-5-13(19(21)22)11-14(15)16(12-3-1-2-4-12)18-9-7-17-8-10-18;;/h5-6,11-12,16-17,20H,1-4,7-10H2;2*1H/t16-;;/m0../s1. The zero-order chi connectivity index (χ0) is 15.5. The van der Waals surface area contributed by atoms with Gasteiger partial charge in [-0.1, -0.05) is 12.8 Å². The summed E-state index contributed by atoms with van der Waals surface area (Å²) in [6, 6.07) is 4.50. The van der Waals surface area contributed by atoms with Crippen LogP contribution in [0.4, 0.5) is 5.69 Å². The SMILES string of the molecule is Cl.Cl.O=[N+]([O-])c1ccc(O)c([C@H](C2CCCC2)N2CCNCC2)c1. The first-order valence-corrected chi connectivity index (χ1v) is 8.09. The first-order chi connectivity index (χ1) is 10.7. The largest absolute Gasteiger partial charge is 0.508 e. The minimum absolute atomic E-state index is 0. The molecule has 1 aromatic carbocycles. The summed E-state index contributed by atoms with van der Waals surface area (Å²) in [5.41, 5.74) is 0.786. The van der Waals surface area contributed by atoms with Gasteiger partial charge in [0.1, 0.15) is 5.75 Å². The molecule has 2 fully saturated rings. The van der Waals surface area contributed by atoms with E-state index in [1.165, 1.54) is 25.0 Å². The lowest BCUT2D eigenvalue weighted by atomic mass is 9.89. The van der Waals surface area contributed by atoms with Crippen LogP contribution in [0, 0.1) is 16.0 Å². The zero-order valence-corrected chi connectivity index (χ0v) is 15.2. The third-order valence-electron chi connectivity index (χ3n) is 4.93. The lowest BCUT2D eigenvalue weighted by Crippen LogP contribution is -2.46. The number of nitro benzene ring substituents is 1. The number of non-ortho nitro benzene ring substituents is 1. The van der Waals surface area contributed by atoms with Gasteiger partial charge in [0.25, 0.3) is 5.69 Å². The highest BCUT2D eigenvalue weighted by molar-refractivity contribution is 5.85. The molecule has 0 spiro atoms. The van der Waals surface area contributed by atoms with E-state index < -0.39 is 0 Å². The second-order valence-corrected chi connectivity index (χ2v) is 6.28. The molecule has 1 saturated heterocycles. The Kier molecular flexibility index (Phi) is 8.22. The van der Waals surface area contributed by atoms with Crippen molar-refractivity contribution in [2.24, 2.45) is 5.92 Å². The maximum absolute atomic E-state index is 11.1. The van der Waals surface area contributed by atoms with E-state index in [-0.39, 0.29) is 47.2 Å². The Hall–Kier alpha value is -1.08. The number of aromatic hydroxyl groups is 1. The molecule has 8 heteroatoms. The fourth-order valence-electron chi connectivity index (χ4n) is 3.87. The predicted octanol–water partition coefficient (Wildman–Crippen LogP) is 3.28. The number of phenols is 1. The van der Waals surface area contributed by atoms with Gasteiger partial charge in [0.05, 0.1) is 4.92 Å². The molecule has 1 atom stereocenters. The van der Waals surface area contributed by atoms with E-state index in [0.29, 0.717) is 5.92 Å². The number of nitrogens with one attached hydrogen (secondary N) is 1. The summed E-state index contributed by atoms with van der Waals surface area (Å²) in [7, 11) is 0. The van der Waals surface area contributed by atoms with E-state index in [1.54, 1.807) is 6.07 Å². The van der Waals surface area contributed by atoms with Gasteiger partial charge in [-0.05, 0) is 24.8 Å². The number of phenolic OH excluding ortho intramolecular Hbond substituents is 1. The van der Waals surface area contributed by atoms with Gasteiger partial charge in [0, 0.05) is 49.9 Å². The second-order valence-electron chi connectivity index (χ2n) is 6.28. The van der Waals surface area contributed by atoms with Gasteiger partial charge in [-0.3, -0.25) is 15.0 Å². The fourth-order valence-corrected chi connectivity index (χ4v) is 3.87. The smallest absolute Gasteiger partial charge is 0.270 e. The molecule has 1 saturated carbocycles. The molecule has 0 radical (unpaired) electrons. The molecule has 0 bridgehead atoms. The number of piperazine rings is 1. The lowest BCUT2D eigenvalue weighted by molar-refractivity contribution is -0.385. The van der Waals surface area contributed by atoms with Crippen LogP contribution in [0.2, 0.25) is 0 Å². The van der Waals surface area contributed by atoms with Crippen molar-refractivity contribution in [3.63, 3.8) is 0 Å². The normalized spacial score (nSPS) is 20.0. The van der Waals surface area contributed by atoms with Crippen molar-refractivity contribution in [2.75, 3.05) is 26.2 Å². The Morgan fingerprint density at radius 3 is 2.42 bits per heavy atom. The zero-order valence-electron chi connectivity index (χ0n) is 13.5. The van der Waals surface area contributed by atoms with Crippen molar-refractivity contribution in [3.8, 4) is 5.75 Å². The fraction of sp³-hybridized carbons (Fsp3) is 0.625. The Bertz CT molecular complexity index is 547. The van der Waals surface area contributed by atoms with E-state index in [2.05, 4.69) is 10.2 Å². The van der Waals surface area contributed by atoms with Crippen LogP contribution in [0.25, 0.3) is 0 Å². The van der Waals surface area contributed by atoms with E-state index in [1.807, 2.05) is 0 Å². The number of benzene rings is 1. The highest BCUT2D eigenvalue weighted by Crippen LogP contribution is 2.43. The maximum atomic E-state index is 11.1. The number of hydrogen-bond acceptors (Lipinski definition) is 5. The van der Waals surface area contributed by atoms with E-state index >= 15 is 0 Å². The van der Waals surface area contributed by atoms with E-state index in [0.717, 1.165) is 44.6 Å². The molecule has 136 valence electrons. The number of halogens is 2. The third-order valence-corrected chi connectivity index (χ3v) is 4.93. The minimum Gasteiger partial charge on any atom is -0.508 e. The molecule has 0 aromatic heterocycles. The molecule has 2 N–H and O–H groups in total. The van der Waals surface area contributed by atoms with E-state index in [4.69, 9.17) is 0 Å². The van der Waals surface area contributed by atoms with E-state index in [9.17, 15) is 15.2 Å². The van der Waals surface area contributed by atoms with Crippen molar-refractivity contribution in [2.45, 2.75) is 31.7 Å². The molecule has 3 rings (SSSR count). The van der Waals surface area contributed by atoms with Crippen molar-refractivity contribution in [3.05, 3.63) is 33.9 Å². The lowest BCUT2D eigenvalue weighted by Gasteiger charge is -2.38. The quantitative estimate of drug-likeness (QED) is 0.621. The van der Waals surface area contributed by atoms with Crippen molar-refractivity contribution < 1.29 is 10.0 Å². The number of nitrogens with zero attached hydrogens (tertiary/aromatic N) is 2. The van der Waals surface area contributed by atoms with Gasteiger partial charge in [0.2, 0.25) is 0 Å². The summed E-state index contributed by atoms with van der Waals surface area (Å²) < 4.78 is 0. The van der Waals surface area contributed by atoms with Gasteiger partial charge in [0.15, 0.2) is 0 Å². The van der Waals surface area contributed by atoms with Crippen molar-refractivity contribution in [1.29, 1.82) is 0 Å². The monoisotopic (exact) mass is 377 g/mol. The average molecular weight is 378 g/mol. The van der Waals surface area contributed by atoms with Crippen molar-refractivity contribution in [1.82, 2.24) is 10.2 Å². The predicted molar refractivity (Wildman–Crippen MR) is 98.4 cm³/mol. The Labute approximate surface area is 154 Å². The van der Waals surface area contributed by atoms with Gasteiger partial charge >= 0.3 is 0 Å². The molecular formula is C16H25Cl2N3O3. The number of hydrogen-bond donors (Lipinski definition) is 2. The van der Waals surface area contributed by atoms with Crippen LogP contribution >= 0.6 is 24.8 Å². The van der Waals surface area contributed by atoms with Gasteiger partial charge in [-0.25, -0.2) is 0 Å². The Morgan fingerprint density at radius 2 is 1.83 bits per heavy atom. The molecule has 1 heterocycles. The molecule has 24 heavy (non-hydrogen) atoms. The molecule has 1 aliphatic carbocycles.